The van der Waals surface area contributed by atoms with Gasteiger partial charge in [-0.2, -0.15) is 5.26 Å². The van der Waals surface area contributed by atoms with Crippen molar-refractivity contribution in [2.75, 3.05) is 13.1 Å². The van der Waals surface area contributed by atoms with Crippen LogP contribution in [0, 0.1) is 11.3 Å². The highest BCUT2D eigenvalue weighted by Crippen LogP contribution is 2.32. The standard InChI is InChI=1S/C20H22N4O4/c1-12(2)27-17-10-15-13(9-16(17)19(22)26)4-7-23-20(15)28-14-5-8-24(11-14)18(25)3-6-21/h4,7,9-10,12,14H,3,5,8,11H2,1-2H3,(H2,22,26)/t14-/m0/s1. The number of ether oxygens (including phenoxy) is 2. The van der Waals surface area contributed by atoms with E-state index in [9.17, 15) is 9.59 Å². The fraction of sp³-hybridized carbons (Fsp3) is 0.400. The molecule has 8 nitrogen and oxygen atoms in total. The first kappa shape index (κ1) is 19.4. The lowest BCUT2D eigenvalue weighted by molar-refractivity contribution is -0.129. The molecule has 28 heavy (non-hydrogen) atoms. The van der Waals surface area contributed by atoms with E-state index in [1.807, 2.05) is 19.9 Å². The summed E-state index contributed by atoms with van der Waals surface area (Å²) >= 11 is 0. The molecule has 1 aliphatic rings. The molecular weight excluding hydrogens is 360 g/mol. The molecule has 0 aliphatic carbocycles. The first-order valence-electron chi connectivity index (χ1n) is 9.09. The molecular formula is C20H22N4O4. The molecule has 2 amide bonds. The number of primary amides is 1. The van der Waals surface area contributed by atoms with Crippen LogP contribution in [-0.2, 0) is 4.79 Å². The van der Waals surface area contributed by atoms with Crippen LogP contribution in [0.2, 0.25) is 0 Å². The Hall–Kier alpha value is -3.34. The average Bonchev–Trinajstić information content (AvgIpc) is 3.10. The van der Waals surface area contributed by atoms with Gasteiger partial charge in [-0.15, -0.1) is 0 Å². The van der Waals surface area contributed by atoms with Crippen molar-refractivity contribution < 1.29 is 19.1 Å². The predicted molar refractivity (Wildman–Crippen MR) is 102 cm³/mol. The second kappa shape index (κ2) is 8.13. The Labute approximate surface area is 162 Å². The Morgan fingerprint density at radius 2 is 2.21 bits per heavy atom. The highest BCUT2D eigenvalue weighted by molar-refractivity contribution is 6.01. The molecule has 0 spiro atoms. The first-order valence-corrected chi connectivity index (χ1v) is 9.09. The number of hydrogen-bond acceptors (Lipinski definition) is 6. The molecule has 8 heteroatoms. The molecule has 1 aromatic carbocycles. The second-order valence-corrected chi connectivity index (χ2v) is 6.92. The number of likely N-dealkylation sites (tertiary alicyclic amines) is 1. The van der Waals surface area contributed by atoms with Gasteiger partial charge in [0.05, 0.1) is 24.3 Å². The molecule has 2 N–H and O–H groups in total. The third-order valence-corrected chi connectivity index (χ3v) is 4.46. The van der Waals surface area contributed by atoms with Crippen molar-refractivity contribution in [2.24, 2.45) is 5.73 Å². The lowest BCUT2D eigenvalue weighted by atomic mass is 10.1. The fourth-order valence-corrected chi connectivity index (χ4v) is 3.20. The maximum absolute atomic E-state index is 11.9. The van der Waals surface area contributed by atoms with E-state index in [0.717, 1.165) is 5.39 Å². The van der Waals surface area contributed by atoms with Crippen molar-refractivity contribution in [1.29, 1.82) is 5.26 Å². The van der Waals surface area contributed by atoms with Gasteiger partial charge in [-0.05, 0) is 37.4 Å². The Kier molecular flexibility index (Phi) is 5.64. The molecule has 1 aliphatic heterocycles. The third-order valence-electron chi connectivity index (χ3n) is 4.46. The number of carbonyl (C=O) groups is 2. The van der Waals surface area contributed by atoms with E-state index >= 15 is 0 Å². The molecule has 0 saturated carbocycles. The van der Waals surface area contributed by atoms with Gasteiger partial charge >= 0.3 is 0 Å². The van der Waals surface area contributed by atoms with Gasteiger partial charge in [-0.25, -0.2) is 4.98 Å². The van der Waals surface area contributed by atoms with Crippen LogP contribution in [0.15, 0.2) is 24.4 Å². The van der Waals surface area contributed by atoms with Crippen LogP contribution in [0.5, 0.6) is 11.6 Å². The van der Waals surface area contributed by atoms with Gasteiger partial charge in [-0.3, -0.25) is 9.59 Å². The summed E-state index contributed by atoms with van der Waals surface area (Å²) in [4.78, 5) is 29.6. The van der Waals surface area contributed by atoms with Gasteiger partial charge < -0.3 is 20.1 Å². The summed E-state index contributed by atoms with van der Waals surface area (Å²) in [6, 6.07) is 7.02. The topological polar surface area (TPSA) is 119 Å². The SMILES string of the molecule is CC(C)Oc1cc2c(O[C@H]3CCN(C(=O)CC#N)C3)nccc2cc1C(N)=O. The molecule has 2 heterocycles. The summed E-state index contributed by atoms with van der Waals surface area (Å²) in [5.41, 5.74) is 5.79. The molecule has 0 unspecified atom stereocenters. The van der Waals surface area contributed by atoms with Crippen LogP contribution in [-0.4, -0.2) is 47.0 Å². The van der Waals surface area contributed by atoms with E-state index in [4.69, 9.17) is 20.5 Å². The zero-order valence-electron chi connectivity index (χ0n) is 15.8. The zero-order chi connectivity index (χ0) is 20.3. The number of nitrogens with two attached hydrogens (primary N) is 1. The molecule has 1 atom stereocenters. The van der Waals surface area contributed by atoms with Gasteiger partial charge in [0, 0.05) is 24.5 Å². The highest BCUT2D eigenvalue weighted by Gasteiger charge is 2.28. The Morgan fingerprint density at radius 3 is 2.89 bits per heavy atom. The van der Waals surface area contributed by atoms with Crippen molar-refractivity contribution in [3.63, 3.8) is 0 Å². The maximum Gasteiger partial charge on any atom is 0.252 e. The van der Waals surface area contributed by atoms with Crippen LogP contribution in [0.4, 0.5) is 0 Å². The van der Waals surface area contributed by atoms with Gasteiger partial charge in [0.2, 0.25) is 11.8 Å². The van der Waals surface area contributed by atoms with Crippen LogP contribution < -0.4 is 15.2 Å². The number of hydrogen-bond donors (Lipinski definition) is 1. The largest absolute Gasteiger partial charge is 0.490 e. The fourth-order valence-electron chi connectivity index (χ4n) is 3.20. The number of nitriles is 1. The molecule has 146 valence electrons. The van der Waals surface area contributed by atoms with Crippen molar-refractivity contribution in [1.82, 2.24) is 9.88 Å². The molecule has 0 bridgehead atoms. The number of amides is 2. The minimum absolute atomic E-state index is 0.133. The van der Waals surface area contributed by atoms with Crippen molar-refractivity contribution in [2.45, 2.75) is 38.9 Å². The number of rotatable bonds is 6. The van der Waals surface area contributed by atoms with Crippen molar-refractivity contribution >= 4 is 22.6 Å². The van der Waals surface area contributed by atoms with Crippen molar-refractivity contribution in [3.05, 3.63) is 30.0 Å². The minimum Gasteiger partial charge on any atom is -0.490 e. The van der Waals surface area contributed by atoms with Crippen LogP contribution in [0.25, 0.3) is 10.8 Å². The van der Waals surface area contributed by atoms with Crippen LogP contribution >= 0.6 is 0 Å². The Morgan fingerprint density at radius 1 is 1.43 bits per heavy atom. The van der Waals surface area contributed by atoms with Crippen LogP contribution in [0.1, 0.15) is 37.0 Å². The first-order chi connectivity index (χ1) is 13.4. The Bertz CT molecular complexity index is 951. The molecule has 2 aromatic rings. The van der Waals surface area contributed by atoms with E-state index in [2.05, 4.69) is 4.98 Å². The van der Waals surface area contributed by atoms with Gasteiger partial charge in [-0.1, -0.05) is 0 Å². The monoisotopic (exact) mass is 382 g/mol. The summed E-state index contributed by atoms with van der Waals surface area (Å²) in [6.07, 6.45) is 1.77. The molecule has 1 aromatic heterocycles. The van der Waals surface area contributed by atoms with Crippen LogP contribution in [0.3, 0.4) is 0 Å². The third kappa shape index (κ3) is 4.14. The smallest absolute Gasteiger partial charge is 0.252 e. The molecule has 3 rings (SSSR count). The lowest BCUT2D eigenvalue weighted by Crippen LogP contribution is -2.30. The average molecular weight is 382 g/mol. The lowest BCUT2D eigenvalue weighted by Gasteiger charge is -2.18. The summed E-state index contributed by atoms with van der Waals surface area (Å²) in [6.45, 7) is 4.68. The number of fused-ring (bicyclic) bond motifs is 1. The van der Waals surface area contributed by atoms with E-state index in [1.165, 1.54) is 0 Å². The summed E-state index contributed by atoms with van der Waals surface area (Å²) < 4.78 is 11.8. The van der Waals surface area contributed by atoms with E-state index < -0.39 is 5.91 Å². The summed E-state index contributed by atoms with van der Waals surface area (Å²) in [7, 11) is 0. The van der Waals surface area contributed by atoms with E-state index in [0.29, 0.717) is 42.1 Å². The quantitative estimate of drug-likeness (QED) is 0.816. The van der Waals surface area contributed by atoms with E-state index in [-0.39, 0.29) is 24.5 Å². The molecule has 1 fully saturated rings. The minimum atomic E-state index is -0.570. The van der Waals surface area contributed by atoms with E-state index in [1.54, 1.807) is 29.3 Å². The summed E-state index contributed by atoms with van der Waals surface area (Å²) in [5, 5.41) is 10.1. The molecule has 1 saturated heterocycles. The number of aromatic nitrogens is 1. The number of pyridine rings is 1. The van der Waals surface area contributed by atoms with Gasteiger partial charge in [0.15, 0.2) is 0 Å². The summed E-state index contributed by atoms with van der Waals surface area (Å²) in [5.74, 6) is 0.0178. The second-order valence-electron chi connectivity index (χ2n) is 6.92. The van der Waals surface area contributed by atoms with Crippen molar-refractivity contribution in [3.8, 4) is 17.7 Å². The molecule has 0 radical (unpaired) electrons. The predicted octanol–water partition coefficient (Wildman–Crippen LogP) is 2.01. The maximum atomic E-state index is 11.9. The number of nitrogens with zero attached hydrogens (tertiary/aromatic N) is 3. The highest BCUT2D eigenvalue weighted by atomic mass is 16.5. The number of carbonyl (C=O) groups excluding carboxylic acids is 2. The Balaban J connectivity index is 1.89. The normalized spacial score (nSPS) is 16.2. The zero-order valence-corrected chi connectivity index (χ0v) is 15.8. The van der Waals surface area contributed by atoms with Gasteiger partial charge in [0.25, 0.3) is 5.91 Å². The van der Waals surface area contributed by atoms with Gasteiger partial charge in [0.1, 0.15) is 18.3 Å². The number of benzene rings is 1.